The van der Waals surface area contributed by atoms with Crippen LogP contribution in [0.4, 0.5) is 0 Å². The summed E-state index contributed by atoms with van der Waals surface area (Å²) in [6.07, 6.45) is 0. The van der Waals surface area contributed by atoms with Crippen LogP contribution in [0, 0.1) is 0 Å². The SMILES string of the molecule is CN(C(C)(C)C)S(=O)(=O)c1ccc(-c2ccc(C(=O)O)cc2)cc1. The first kappa shape index (κ1) is 18.2. The molecule has 0 saturated heterocycles. The molecule has 0 aliphatic carbocycles. The number of carbonyl (C=O) groups is 1. The van der Waals surface area contributed by atoms with Crippen LogP contribution in [0.25, 0.3) is 11.1 Å². The number of nitrogens with zero attached hydrogens (tertiary/aromatic N) is 1. The van der Waals surface area contributed by atoms with E-state index >= 15 is 0 Å². The fourth-order valence-corrected chi connectivity index (χ4v) is 3.66. The third kappa shape index (κ3) is 3.66. The molecule has 0 fully saturated rings. The molecule has 24 heavy (non-hydrogen) atoms. The van der Waals surface area contributed by atoms with Gasteiger partial charge in [-0.2, -0.15) is 4.31 Å². The Morgan fingerprint density at radius 1 is 0.917 bits per heavy atom. The average Bonchev–Trinajstić information content (AvgIpc) is 2.53. The zero-order chi connectivity index (χ0) is 18.1. The summed E-state index contributed by atoms with van der Waals surface area (Å²) < 4.78 is 26.6. The van der Waals surface area contributed by atoms with Crippen LogP contribution in [-0.4, -0.2) is 36.4 Å². The van der Waals surface area contributed by atoms with Gasteiger partial charge in [0.05, 0.1) is 10.5 Å². The second kappa shape index (κ2) is 6.37. The molecule has 128 valence electrons. The van der Waals surface area contributed by atoms with E-state index in [4.69, 9.17) is 5.11 Å². The molecule has 0 aromatic heterocycles. The van der Waals surface area contributed by atoms with Gasteiger partial charge in [-0.3, -0.25) is 0 Å². The molecule has 0 radical (unpaired) electrons. The van der Waals surface area contributed by atoms with E-state index in [9.17, 15) is 13.2 Å². The molecule has 2 rings (SSSR count). The first-order valence-electron chi connectivity index (χ1n) is 7.46. The van der Waals surface area contributed by atoms with E-state index in [1.165, 1.54) is 16.4 Å². The van der Waals surface area contributed by atoms with Crippen molar-refractivity contribution in [3.8, 4) is 11.1 Å². The second-order valence-electron chi connectivity index (χ2n) is 6.55. The maximum Gasteiger partial charge on any atom is 0.335 e. The molecule has 0 heterocycles. The Bertz CT molecular complexity index is 832. The lowest BCUT2D eigenvalue weighted by atomic mass is 10.0. The number of hydrogen-bond donors (Lipinski definition) is 1. The van der Waals surface area contributed by atoms with Crippen molar-refractivity contribution in [2.45, 2.75) is 31.2 Å². The van der Waals surface area contributed by atoms with Gasteiger partial charge in [0.25, 0.3) is 0 Å². The van der Waals surface area contributed by atoms with Crippen LogP contribution in [0.1, 0.15) is 31.1 Å². The van der Waals surface area contributed by atoms with Crippen LogP contribution >= 0.6 is 0 Å². The first-order valence-corrected chi connectivity index (χ1v) is 8.90. The van der Waals surface area contributed by atoms with Gasteiger partial charge in [0.1, 0.15) is 0 Å². The van der Waals surface area contributed by atoms with Gasteiger partial charge in [-0.25, -0.2) is 13.2 Å². The molecule has 0 amide bonds. The van der Waals surface area contributed by atoms with Gasteiger partial charge in [-0.15, -0.1) is 0 Å². The van der Waals surface area contributed by atoms with Crippen molar-refractivity contribution in [2.24, 2.45) is 0 Å². The summed E-state index contributed by atoms with van der Waals surface area (Å²) in [6.45, 7) is 5.51. The zero-order valence-corrected chi connectivity index (χ0v) is 15.0. The highest BCUT2D eigenvalue weighted by Crippen LogP contribution is 2.26. The van der Waals surface area contributed by atoms with Gasteiger partial charge in [0, 0.05) is 12.6 Å². The van der Waals surface area contributed by atoms with Gasteiger partial charge in [0.2, 0.25) is 10.0 Å². The average molecular weight is 347 g/mol. The topological polar surface area (TPSA) is 74.7 Å². The zero-order valence-electron chi connectivity index (χ0n) is 14.1. The molecule has 0 atom stereocenters. The lowest BCUT2D eigenvalue weighted by Gasteiger charge is -2.30. The maximum atomic E-state index is 12.6. The highest BCUT2D eigenvalue weighted by atomic mass is 32.2. The molecule has 0 saturated carbocycles. The summed E-state index contributed by atoms with van der Waals surface area (Å²) in [4.78, 5) is 11.1. The summed E-state index contributed by atoms with van der Waals surface area (Å²) in [7, 11) is -1.99. The molecular weight excluding hydrogens is 326 g/mol. The fourth-order valence-electron chi connectivity index (χ4n) is 2.14. The summed E-state index contributed by atoms with van der Waals surface area (Å²) in [5, 5.41) is 8.92. The lowest BCUT2D eigenvalue weighted by Crippen LogP contribution is -2.42. The Morgan fingerprint density at radius 2 is 1.33 bits per heavy atom. The number of hydrogen-bond acceptors (Lipinski definition) is 3. The van der Waals surface area contributed by atoms with Crippen LogP contribution in [0.5, 0.6) is 0 Å². The molecule has 1 N–H and O–H groups in total. The van der Waals surface area contributed by atoms with Crippen LogP contribution < -0.4 is 0 Å². The van der Waals surface area contributed by atoms with Crippen LogP contribution in [0.15, 0.2) is 53.4 Å². The van der Waals surface area contributed by atoms with Crippen LogP contribution in [0.2, 0.25) is 0 Å². The Balaban J connectivity index is 2.32. The third-order valence-corrected chi connectivity index (χ3v) is 6.06. The van der Waals surface area contributed by atoms with Gasteiger partial charge in [-0.1, -0.05) is 24.3 Å². The number of rotatable bonds is 4. The molecule has 0 unspecified atom stereocenters. The Morgan fingerprint density at radius 3 is 1.71 bits per heavy atom. The third-order valence-electron chi connectivity index (χ3n) is 3.92. The van der Waals surface area contributed by atoms with Gasteiger partial charge >= 0.3 is 5.97 Å². The van der Waals surface area contributed by atoms with E-state index in [0.717, 1.165) is 11.1 Å². The van der Waals surface area contributed by atoms with E-state index in [0.29, 0.717) is 0 Å². The normalized spacial score (nSPS) is 12.4. The number of carboxylic acid groups (broad SMARTS) is 1. The monoisotopic (exact) mass is 347 g/mol. The quantitative estimate of drug-likeness (QED) is 0.919. The minimum atomic E-state index is -3.56. The second-order valence-corrected chi connectivity index (χ2v) is 8.52. The van der Waals surface area contributed by atoms with E-state index in [2.05, 4.69) is 0 Å². The summed E-state index contributed by atoms with van der Waals surface area (Å²) in [5.41, 5.74) is 1.35. The highest BCUT2D eigenvalue weighted by Gasteiger charge is 2.30. The predicted octanol–water partition coefficient (Wildman–Crippen LogP) is 3.47. The van der Waals surface area contributed by atoms with Gasteiger partial charge < -0.3 is 5.11 Å². The molecule has 2 aromatic carbocycles. The summed E-state index contributed by atoms with van der Waals surface area (Å²) >= 11 is 0. The molecule has 2 aromatic rings. The number of benzene rings is 2. The molecule has 6 heteroatoms. The van der Waals surface area contributed by atoms with Crippen molar-refractivity contribution in [3.05, 3.63) is 54.1 Å². The summed E-state index contributed by atoms with van der Waals surface area (Å²) in [5.74, 6) is -0.979. The van der Waals surface area contributed by atoms with Crippen molar-refractivity contribution in [1.82, 2.24) is 4.31 Å². The van der Waals surface area contributed by atoms with E-state index < -0.39 is 21.5 Å². The largest absolute Gasteiger partial charge is 0.478 e. The Kier molecular flexibility index (Phi) is 4.82. The van der Waals surface area contributed by atoms with E-state index in [1.807, 2.05) is 20.8 Å². The highest BCUT2D eigenvalue weighted by molar-refractivity contribution is 7.89. The summed E-state index contributed by atoms with van der Waals surface area (Å²) in [6, 6.07) is 13.0. The smallest absolute Gasteiger partial charge is 0.335 e. The molecule has 0 aliphatic heterocycles. The molecule has 0 spiro atoms. The molecule has 5 nitrogen and oxygen atoms in total. The standard InChI is InChI=1S/C18H21NO4S/c1-18(2,3)19(4)24(22,23)16-11-9-14(10-12-16)13-5-7-15(8-6-13)17(20)21/h5-12H,1-4H3,(H,20,21). The van der Waals surface area contributed by atoms with Crippen LogP contribution in [0.3, 0.4) is 0 Å². The number of sulfonamides is 1. The molecular formula is C18H21NO4S. The number of carboxylic acids is 1. The van der Waals surface area contributed by atoms with Crippen molar-refractivity contribution >= 4 is 16.0 Å². The molecule has 0 bridgehead atoms. The maximum absolute atomic E-state index is 12.6. The lowest BCUT2D eigenvalue weighted by molar-refractivity contribution is 0.0697. The Labute approximate surface area is 142 Å². The molecule has 0 aliphatic rings. The first-order chi connectivity index (χ1) is 11.0. The minimum absolute atomic E-state index is 0.213. The van der Waals surface area contributed by atoms with E-state index in [-0.39, 0.29) is 10.5 Å². The van der Waals surface area contributed by atoms with Gasteiger partial charge in [0.15, 0.2) is 0 Å². The van der Waals surface area contributed by atoms with Crippen molar-refractivity contribution in [3.63, 3.8) is 0 Å². The van der Waals surface area contributed by atoms with Crippen molar-refractivity contribution in [2.75, 3.05) is 7.05 Å². The minimum Gasteiger partial charge on any atom is -0.478 e. The van der Waals surface area contributed by atoms with Crippen molar-refractivity contribution in [1.29, 1.82) is 0 Å². The Hall–Kier alpha value is -2.18. The van der Waals surface area contributed by atoms with Crippen molar-refractivity contribution < 1.29 is 18.3 Å². The van der Waals surface area contributed by atoms with Crippen LogP contribution in [-0.2, 0) is 10.0 Å². The fraction of sp³-hybridized carbons (Fsp3) is 0.278. The van der Waals surface area contributed by atoms with Gasteiger partial charge in [-0.05, 0) is 56.2 Å². The van der Waals surface area contributed by atoms with E-state index in [1.54, 1.807) is 43.4 Å². The number of aromatic carboxylic acids is 1. The predicted molar refractivity (Wildman–Crippen MR) is 93.5 cm³/mol.